The fourth-order valence-corrected chi connectivity index (χ4v) is 4.47. The van der Waals surface area contributed by atoms with Crippen LogP contribution in [0.15, 0.2) is 18.3 Å². The van der Waals surface area contributed by atoms with Crippen molar-refractivity contribution in [3.63, 3.8) is 0 Å². The van der Waals surface area contributed by atoms with Crippen molar-refractivity contribution in [2.75, 3.05) is 0 Å². The lowest BCUT2D eigenvalue weighted by Gasteiger charge is -2.19. The number of nitrogens with one attached hydrogen (secondary N) is 3. The highest BCUT2D eigenvalue weighted by Gasteiger charge is 2.39. The molecule has 6 nitrogen and oxygen atoms in total. The van der Waals surface area contributed by atoms with Crippen LogP contribution in [0.4, 0.5) is 0 Å². The highest BCUT2D eigenvalue weighted by atomic mass is 79.9. The first-order valence-electron chi connectivity index (χ1n) is 9.09. The molecule has 25 heavy (non-hydrogen) atoms. The number of hydrogen-bond donors (Lipinski definition) is 3. The molecule has 0 spiro atoms. The van der Waals surface area contributed by atoms with Gasteiger partial charge in [-0.2, -0.15) is 0 Å². The molecule has 1 aromatic heterocycles. The summed E-state index contributed by atoms with van der Waals surface area (Å²) in [5.74, 6) is 1.08. The molecule has 2 heterocycles. The number of aromatic nitrogens is 1. The lowest BCUT2D eigenvalue weighted by Crippen LogP contribution is -2.45. The van der Waals surface area contributed by atoms with E-state index in [1.165, 1.54) is 12.8 Å². The van der Waals surface area contributed by atoms with Gasteiger partial charge in [-0.05, 0) is 37.2 Å². The summed E-state index contributed by atoms with van der Waals surface area (Å²) in [4.78, 5) is 16.8. The van der Waals surface area contributed by atoms with Crippen LogP contribution in [0.3, 0.4) is 0 Å². The van der Waals surface area contributed by atoms with Gasteiger partial charge in [0.1, 0.15) is 12.1 Å². The minimum Gasteiger partial charge on any atom is -0.474 e. The summed E-state index contributed by atoms with van der Waals surface area (Å²) >= 11 is 3.63. The van der Waals surface area contributed by atoms with Crippen molar-refractivity contribution in [2.24, 2.45) is 5.92 Å². The molecule has 0 bridgehead atoms. The van der Waals surface area contributed by atoms with Crippen LogP contribution in [0, 0.1) is 5.92 Å². The van der Waals surface area contributed by atoms with Crippen LogP contribution >= 0.6 is 15.9 Å². The highest BCUT2D eigenvalue weighted by Crippen LogP contribution is 2.23. The number of carbonyl (C=O) groups is 1. The van der Waals surface area contributed by atoms with E-state index in [4.69, 9.17) is 4.74 Å². The lowest BCUT2D eigenvalue weighted by molar-refractivity contribution is -0.122. The number of hydrazine groups is 1. The Labute approximate surface area is 157 Å². The molecule has 3 rings (SSSR count). The maximum atomic E-state index is 12.4. The van der Waals surface area contributed by atoms with E-state index in [2.05, 4.69) is 50.9 Å². The molecule has 2 fully saturated rings. The topological polar surface area (TPSA) is 75.3 Å². The smallest absolute Gasteiger partial charge is 0.239 e. The number of ether oxygens (including phenoxy) is 1. The predicted octanol–water partition coefficient (Wildman–Crippen LogP) is 2.28. The Morgan fingerprint density at radius 2 is 2.12 bits per heavy atom. The van der Waals surface area contributed by atoms with Crippen molar-refractivity contribution in [3.05, 3.63) is 23.9 Å². The monoisotopic (exact) mass is 410 g/mol. The van der Waals surface area contributed by atoms with E-state index in [9.17, 15) is 4.79 Å². The third-order valence-electron chi connectivity index (χ3n) is 4.92. The Morgan fingerprint density at radius 1 is 1.36 bits per heavy atom. The van der Waals surface area contributed by atoms with E-state index < -0.39 is 0 Å². The molecule has 1 amide bonds. The second kappa shape index (κ2) is 8.47. The molecular weight excluding hydrogens is 384 g/mol. The molecule has 1 aromatic rings. The van der Waals surface area contributed by atoms with Crippen molar-refractivity contribution in [3.8, 4) is 5.88 Å². The van der Waals surface area contributed by atoms with Crippen LogP contribution in [-0.2, 0) is 11.3 Å². The number of hydrogen-bond acceptors (Lipinski definition) is 5. The Balaban J connectivity index is 1.47. The van der Waals surface area contributed by atoms with E-state index in [1.807, 2.05) is 12.1 Å². The zero-order valence-electron chi connectivity index (χ0n) is 14.8. The zero-order chi connectivity index (χ0) is 17.8. The fourth-order valence-electron chi connectivity index (χ4n) is 3.36. The van der Waals surface area contributed by atoms with Gasteiger partial charge in [-0.3, -0.25) is 10.2 Å². The standard InChI is InChI=1S/C18H27BrN4O2/c1-11(2)16-15(19)17(23-22-16)18(24)21-10-12-7-8-14(20-9-12)25-13-5-3-4-6-13/h7-9,11,13,15-17,22-23H,3-6,10H2,1-2H3,(H,21,24). The van der Waals surface area contributed by atoms with Crippen LogP contribution in [0.5, 0.6) is 5.88 Å². The minimum absolute atomic E-state index is 0.0243. The SMILES string of the molecule is CC(C)C1NNC(C(=O)NCc2ccc(OC3CCCC3)nc2)C1Br. The first-order valence-corrected chi connectivity index (χ1v) is 10.0. The van der Waals surface area contributed by atoms with Gasteiger partial charge in [0, 0.05) is 24.8 Å². The predicted molar refractivity (Wildman–Crippen MR) is 100 cm³/mol. The zero-order valence-corrected chi connectivity index (χ0v) is 16.4. The Kier molecular flexibility index (Phi) is 6.30. The van der Waals surface area contributed by atoms with Crippen molar-refractivity contribution in [2.45, 2.75) is 69.1 Å². The Bertz CT molecular complexity index is 575. The molecule has 1 aliphatic heterocycles. The lowest BCUT2D eigenvalue weighted by atomic mass is 9.99. The maximum absolute atomic E-state index is 12.4. The van der Waals surface area contributed by atoms with Gasteiger partial charge < -0.3 is 10.1 Å². The number of carbonyl (C=O) groups excluding carboxylic acids is 1. The van der Waals surface area contributed by atoms with E-state index >= 15 is 0 Å². The Hall–Kier alpha value is -1.18. The Morgan fingerprint density at radius 3 is 2.72 bits per heavy atom. The maximum Gasteiger partial charge on any atom is 0.239 e. The molecule has 3 atom stereocenters. The average Bonchev–Trinajstić information content (AvgIpc) is 3.23. The number of alkyl halides is 1. The fraction of sp³-hybridized carbons (Fsp3) is 0.667. The largest absolute Gasteiger partial charge is 0.474 e. The van der Waals surface area contributed by atoms with Crippen LogP contribution in [0.1, 0.15) is 45.1 Å². The second-order valence-electron chi connectivity index (χ2n) is 7.23. The van der Waals surface area contributed by atoms with Gasteiger partial charge in [0.15, 0.2) is 0 Å². The van der Waals surface area contributed by atoms with Gasteiger partial charge in [0.25, 0.3) is 0 Å². The summed E-state index contributed by atoms with van der Waals surface area (Å²) < 4.78 is 5.86. The summed E-state index contributed by atoms with van der Waals surface area (Å²) in [5, 5.41) is 2.97. The van der Waals surface area contributed by atoms with Crippen LogP contribution < -0.4 is 20.9 Å². The third-order valence-corrected chi connectivity index (χ3v) is 6.02. The highest BCUT2D eigenvalue weighted by molar-refractivity contribution is 9.09. The van der Waals surface area contributed by atoms with Gasteiger partial charge in [0.05, 0.1) is 4.83 Å². The van der Waals surface area contributed by atoms with Gasteiger partial charge in [-0.25, -0.2) is 10.4 Å². The molecule has 138 valence electrons. The van der Waals surface area contributed by atoms with Crippen LogP contribution in [0.2, 0.25) is 0 Å². The van der Waals surface area contributed by atoms with Gasteiger partial charge >= 0.3 is 0 Å². The summed E-state index contributed by atoms with van der Waals surface area (Å²) in [6.45, 7) is 4.73. The number of rotatable bonds is 6. The number of pyridine rings is 1. The van der Waals surface area contributed by atoms with Gasteiger partial charge in [-0.1, -0.05) is 35.8 Å². The first kappa shape index (κ1) is 18.6. The molecule has 2 aliphatic rings. The normalized spacial score (nSPS) is 27.0. The molecule has 3 N–H and O–H groups in total. The molecular formula is C18H27BrN4O2. The quantitative estimate of drug-likeness (QED) is 0.627. The van der Waals surface area contributed by atoms with E-state index in [0.717, 1.165) is 18.4 Å². The number of amides is 1. The third kappa shape index (κ3) is 4.71. The summed E-state index contributed by atoms with van der Waals surface area (Å²) in [6.07, 6.45) is 6.80. The van der Waals surface area contributed by atoms with Crippen molar-refractivity contribution in [1.82, 2.24) is 21.2 Å². The first-order chi connectivity index (χ1) is 12.0. The number of nitrogens with zero attached hydrogens (tertiary/aromatic N) is 1. The molecule has 7 heteroatoms. The van der Waals surface area contributed by atoms with E-state index in [-0.39, 0.29) is 22.8 Å². The molecule has 1 saturated heterocycles. The van der Waals surface area contributed by atoms with Crippen molar-refractivity contribution in [1.29, 1.82) is 0 Å². The summed E-state index contributed by atoms with van der Waals surface area (Å²) in [5.41, 5.74) is 7.23. The average molecular weight is 411 g/mol. The van der Waals surface area contributed by atoms with Crippen molar-refractivity contribution < 1.29 is 9.53 Å². The molecule has 0 aromatic carbocycles. The van der Waals surface area contributed by atoms with E-state index in [1.54, 1.807) is 6.20 Å². The molecule has 0 radical (unpaired) electrons. The summed E-state index contributed by atoms with van der Waals surface area (Å²) in [6, 6.07) is 3.78. The van der Waals surface area contributed by atoms with Gasteiger partial charge in [-0.15, -0.1) is 0 Å². The van der Waals surface area contributed by atoms with Gasteiger partial charge in [0.2, 0.25) is 11.8 Å². The summed E-state index contributed by atoms with van der Waals surface area (Å²) in [7, 11) is 0. The van der Waals surface area contributed by atoms with E-state index in [0.29, 0.717) is 24.4 Å². The second-order valence-corrected chi connectivity index (χ2v) is 8.28. The molecule has 1 aliphatic carbocycles. The molecule has 3 unspecified atom stereocenters. The van der Waals surface area contributed by atoms with Crippen molar-refractivity contribution >= 4 is 21.8 Å². The van der Waals surface area contributed by atoms with Crippen LogP contribution in [0.25, 0.3) is 0 Å². The number of halogens is 1. The van der Waals surface area contributed by atoms with Crippen LogP contribution in [-0.4, -0.2) is 33.9 Å². The minimum atomic E-state index is -0.287. The molecule has 1 saturated carbocycles.